The molecular formula is C10H12BrFOZn. The summed E-state index contributed by atoms with van der Waals surface area (Å²) in [6.45, 7) is 2.65. The summed E-state index contributed by atoms with van der Waals surface area (Å²) in [5.41, 5.74) is 0. The average molecular weight is 312 g/mol. The van der Waals surface area contributed by atoms with Crippen LogP contribution in [0.5, 0.6) is 5.75 Å². The zero-order valence-electron chi connectivity index (χ0n) is 8.22. The van der Waals surface area contributed by atoms with Crippen molar-refractivity contribution >= 4 is 13.6 Å². The first-order valence-corrected chi connectivity index (χ1v) is 11.3. The van der Waals surface area contributed by atoms with Gasteiger partial charge in [-0.2, -0.15) is 12.1 Å². The first-order valence-electron chi connectivity index (χ1n) is 4.39. The molecule has 74 valence electrons. The van der Waals surface area contributed by atoms with Gasteiger partial charge < -0.3 is 4.74 Å². The molecule has 1 nitrogen and oxygen atoms in total. The van der Waals surface area contributed by atoms with E-state index in [-0.39, 0.29) is 5.82 Å². The summed E-state index contributed by atoms with van der Waals surface area (Å²) in [5.74, 6) is -0.0178. The predicted molar refractivity (Wildman–Crippen MR) is 54.6 cm³/mol. The Morgan fingerprint density at radius 3 is 2.86 bits per heavy atom. The first-order chi connectivity index (χ1) is 6.84. The fraction of sp³-hybridized carbons (Fsp3) is 0.400. The summed E-state index contributed by atoms with van der Waals surface area (Å²) in [6, 6.07) is 7.15. The van der Waals surface area contributed by atoms with Gasteiger partial charge in [-0.15, -0.1) is 12.1 Å². The molecule has 1 aromatic carbocycles. The van der Waals surface area contributed by atoms with E-state index in [1.165, 1.54) is 22.4 Å². The van der Waals surface area contributed by atoms with Gasteiger partial charge >= 0.3 is 30.0 Å². The maximum atomic E-state index is 12.9. The van der Waals surface area contributed by atoms with E-state index in [0.717, 1.165) is 12.8 Å². The van der Waals surface area contributed by atoms with Crippen molar-refractivity contribution in [3.8, 4) is 5.75 Å². The van der Waals surface area contributed by atoms with Crippen LogP contribution in [0.4, 0.5) is 4.39 Å². The Kier molecular flexibility index (Phi) is 9.64. The zero-order valence-corrected chi connectivity index (χ0v) is 12.8. The molecule has 4 heteroatoms. The summed E-state index contributed by atoms with van der Waals surface area (Å²) in [5, 5.41) is 0. The van der Waals surface area contributed by atoms with Gasteiger partial charge in [-0.3, -0.25) is 4.39 Å². The van der Waals surface area contributed by atoms with Crippen molar-refractivity contribution in [2.45, 2.75) is 19.8 Å². The molecule has 0 saturated carbocycles. The Bertz CT molecular complexity index is 245. The van der Waals surface area contributed by atoms with Crippen LogP contribution in [0.25, 0.3) is 0 Å². The van der Waals surface area contributed by atoms with Crippen molar-refractivity contribution < 1.29 is 25.5 Å². The number of ether oxygens (including phenoxy) is 1. The van der Waals surface area contributed by atoms with E-state index < -0.39 is 0 Å². The van der Waals surface area contributed by atoms with Crippen LogP contribution in [-0.2, 0) is 16.3 Å². The van der Waals surface area contributed by atoms with Crippen molar-refractivity contribution in [3.63, 3.8) is 0 Å². The normalized spacial score (nSPS) is 8.93. The van der Waals surface area contributed by atoms with Crippen LogP contribution in [0.1, 0.15) is 19.8 Å². The third kappa shape index (κ3) is 5.71. The Labute approximate surface area is 101 Å². The van der Waals surface area contributed by atoms with Crippen LogP contribution in [0.2, 0.25) is 0 Å². The standard InChI is InChI=1S/C10H12FO.BrH.Zn/c1-2-3-8-12-10-7-5-4-6-9(10)11;;/h5-7H,2-3,8H2,1H3;1H;/q-1;;+2/p-1. The predicted octanol–water partition coefficient (Wildman–Crippen LogP) is 3.65. The number of hydrogen-bond donors (Lipinski definition) is 0. The first kappa shape index (κ1) is 14.1. The number of hydrogen-bond acceptors (Lipinski definition) is 1. The van der Waals surface area contributed by atoms with Crippen LogP contribution >= 0.6 is 13.6 Å². The number of halogens is 2. The monoisotopic (exact) mass is 310 g/mol. The minimum absolute atomic E-state index is 0.321. The molecule has 0 aliphatic carbocycles. The molecule has 1 aromatic rings. The molecule has 0 bridgehead atoms. The van der Waals surface area contributed by atoms with Gasteiger partial charge in [-0.25, -0.2) is 0 Å². The van der Waals surface area contributed by atoms with Gasteiger partial charge in [0.1, 0.15) is 0 Å². The summed E-state index contributed by atoms with van der Waals surface area (Å²) in [7, 11) is 0. The van der Waals surface area contributed by atoms with E-state index in [1.54, 1.807) is 12.1 Å². The van der Waals surface area contributed by atoms with E-state index in [9.17, 15) is 4.39 Å². The number of benzene rings is 1. The van der Waals surface area contributed by atoms with Gasteiger partial charge in [0.15, 0.2) is 0 Å². The van der Waals surface area contributed by atoms with E-state index >= 15 is 0 Å². The molecule has 0 amide bonds. The van der Waals surface area contributed by atoms with Gasteiger partial charge in [0.25, 0.3) is 0 Å². The third-order valence-electron chi connectivity index (χ3n) is 1.53. The van der Waals surface area contributed by atoms with Crippen LogP contribution in [0.3, 0.4) is 0 Å². The van der Waals surface area contributed by atoms with Gasteiger partial charge in [-0.05, 0) is 6.42 Å². The second-order valence-electron chi connectivity index (χ2n) is 2.56. The molecule has 0 heterocycles. The molecule has 0 saturated heterocycles. The Balaban J connectivity index is 0.000000791. The molecule has 0 unspecified atom stereocenters. The third-order valence-corrected chi connectivity index (χ3v) is 1.53. The van der Waals surface area contributed by atoms with Crippen LogP contribution in [0.15, 0.2) is 18.2 Å². The van der Waals surface area contributed by atoms with Crippen molar-refractivity contribution in [3.05, 3.63) is 30.1 Å². The number of rotatable bonds is 4. The summed E-state index contributed by atoms with van der Waals surface area (Å²) in [6.07, 6.45) is 2.01. The van der Waals surface area contributed by atoms with E-state index in [2.05, 4.69) is 26.6 Å². The fourth-order valence-electron chi connectivity index (χ4n) is 0.839. The minimum atomic E-state index is -0.339. The van der Waals surface area contributed by atoms with E-state index in [1.807, 2.05) is 0 Å². The van der Waals surface area contributed by atoms with Crippen molar-refractivity contribution in [2.24, 2.45) is 0 Å². The molecule has 0 aliphatic rings. The quantitative estimate of drug-likeness (QED) is 0.468. The van der Waals surface area contributed by atoms with Gasteiger partial charge in [0.2, 0.25) is 0 Å². The molecule has 0 N–H and O–H groups in total. The molecule has 0 aromatic heterocycles. The molecule has 0 fully saturated rings. The van der Waals surface area contributed by atoms with Gasteiger partial charge in [0, 0.05) is 11.6 Å². The summed E-state index contributed by atoms with van der Waals surface area (Å²) >= 11 is 4.25. The Morgan fingerprint density at radius 1 is 1.57 bits per heavy atom. The zero-order chi connectivity index (χ0) is 10.8. The fourth-order valence-corrected chi connectivity index (χ4v) is 0.839. The molecule has 0 aliphatic heterocycles. The van der Waals surface area contributed by atoms with Crippen molar-refractivity contribution in [2.75, 3.05) is 6.61 Å². The second kappa shape index (κ2) is 9.60. The molecule has 0 radical (unpaired) electrons. The van der Waals surface area contributed by atoms with E-state index in [0.29, 0.717) is 12.4 Å². The molecule has 0 atom stereocenters. The average Bonchev–Trinajstić information content (AvgIpc) is 2.24. The molecule has 14 heavy (non-hydrogen) atoms. The van der Waals surface area contributed by atoms with Crippen LogP contribution in [0, 0.1) is 11.9 Å². The maximum absolute atomic E-state index is 12.9. The van der Waals surface area contributed by atoms with E-state index in [4.69, 9.17) is 4.74 Å². The number of unbranched alkanes of at least 4 members (excludes halogenated alkanes) is 1. The Morgan fingerprint density at radius 2 is 2.29 bits per heavy atom. The topological polar surface area (TPSA) is 9.23 Å². The summed E-state index contributed by atoms with van der Waals surface area (Å²) in [4.78, 5) is 0. The van der Waals surface area contributed by atoms with Crippen LogP contribution < -0.4 is 4.74 Å². The molecule has 0 spiro atoms. The van der Waals surface area contributed by atoms with Crippen LogP contribution in [-0.4, -0.2) is 6.61 Å². The second-order valence-corrected chi connectivity index (χ2v) is 2.56. The molecular weight excluding hydrogens is 300 g/mol. The van der Waals surface area contributed by atoms with Crippen molar-refractivity contribution in [1.82, 2.24) is 0 Å². The Hall–Kier alpha value is 0.0534. The van der Waals surface area contributed by atoms with Gasteiger partial charge in [-0.1, -0.05) is 13.3 Å². The molecule has 1 rings (SSSR count). The summed E-state index contributed by atoms with van der Waals surface area (Å²) < 4.78 is 18.0. The SMILES string of the molecule is CCCCOc1cc[c-]cc1F.[Zn+][Br]. The van der Waals surface area contributed by atoms with Gasteiger partial charge in [0.05, 0.1) is 6.61 Å². The van der Waals surface area contributed by atoms with Crippen molar-refractivity contribution in [1.29, 1.82) is 0 Å².